The minimum Gasteiger partial charge on any atom is -0.355 e. The van der Waals surface area contributed by atoms with E-state index in [1.807, 2.05) is 0 Å². The lowest BCUT2D eigenvalue weighted by molar-refractivity contribution is -0.121. The van der Waals surface area contributed by atoms with Gasteiger partial charge in [-0.15, -0.1) is 0 Å². The third-order valence-corrected chi connectivity index (χ3v) is 4.02. The molecule has 0 radical (unpaired) electrons. The van der Waals surface area contributed by atoms with Gasteiger partial charge in [0.1, 0.15) is 0 Å². The van der Waals surface area contributed by atoms with E-state index < -0.39 is 0 Å². The molecule has 3 N–H and O–H groups in total. The Labute approximate surface area is 98.2 Å². The molecule has 0 aromatic carbocycles. The van der Waals surface area contributed by atoms with Crippen molar-refractivity contribution in [1.29, 1.82) is 0 Å². The smallest absolute Gasteiger partial charge is 0.220 e. The van der Waals surface area contributed by atoms with Crippen LogP contribution in [-0.4, -0.2) is 18.5 Å². The molecule has 0 aromatic heterocycles. The molecule has 2 saturated carbocycles. The third-order valence-electron chi connectivity index (χ3n) is 4.02. The van der Waals surface area contributed by atoms with Crippen LogP contribution in [0, 0.1) is 11.8 Å². The van der Waals surface area contributed by atoms with Gasteiger partial charge in [0.25, 0.3) is 0 Å². The Morgan fingerprint density at radius 1 is 1.25 bits per heavy atom. The fourth-order valence-corrected chi connectivity index (χ4v) is 2.65. The molecule has 0 aromatic rings. The quantitative estimate of drug-likeness (QED) is 0.723. The van der Waals surface area contributed by atoms with Crippen molar-refractivity contribution in [2.45, 2.75) is 57.4 Å². The molecule has 0 heterocycles. The zero-order valence-corrected chi connectivity index (χ0v) is 10.1. The number of rotatable bonds is 6. The first kappa shape index (κ1) is 11.9. The van der Waals surface area contributed by atoms with E-state index in [1.54, 1.807) is 0 Å². The molecule has 2 aliphatic carbocycles. The molecule has 1 amide bonds. The van der Waals surface area contributed by atoms with Crippen LogP contribution in [0.3, 0.4) is 0 Å². The molecule has 0 saturated heterocycles. The number of hydrogen-bond acceptors (Lipinski definition) is 2. The molecule has 0 spiro atoms. The van der Waals surface area contributed by atoms with Crippen LogP contribution in [0.4, 0.5) is 0 Å². The topological polar surface area (TPSA) is 55.1 Å². The highest BCUT2D eigenvalue weighted by Crippen LogP contribution is 2.31. The lowest BCUT2D eigenvalue weighted by Crippen LogP contribution is -2.38. The van der Waals surface area contributed by atoms with Gasteiger partial charge in [0, 0.05) is 19.0 Å². The van der Waals surface area contributed by atoms with Crippen LogP contribution in [-0.2, 0) is 4.79 Å². The molecule has 2 aliphatic rings. The van der Waals surface area contributed by atoms with Crippen molar-refractivity contribution in [3.05, 3.63) is 0 Å². The van der Waals surface area contributed by atoms with Gasteiger partial charge in [-0.05, 0) is 31.1 Å². The Bertz CT molecular complexity index is 224. The van der Waals surface area contributed by atoms with Crippen LogP contribution in [0.15, 0.2) is 0 Å². The summed E-state index contributed by atoms with van der Waals surface area (Å²) in [5.74, 6) is 1.68. The second-order valence-corrected chi connectivity index (χ2v) is 5.49. The highest BCUT2D eigenvalue weighted by Gasteiger charge is 2.28. The molecular formula is C13H24N2O. The summed E-state index contributed by atoms with van der Waals surface area (Å²) in [6.07, 6.45) is 9.65. The fourth-order valence-electron chi connectivity index (χ4n) is 2.65. The SMILES string of the molecule is NC(CNC(=O)CCC1CCCC1)C1CC1. The number of hydrogen-bond donors (Lipinski definition) is 2. The van der Waals surface area contributed by atoms with Crippen LogP contribution in [0.5, 0.6) is 0 Å². The summed E-state index contributed by atoms with van der Waals surface area (Å²) in [7, 11) is 0. The van der Waals surface area contributed by atoms with Crippen molar-refractivity contribution >= 4 is 5.91 Å². The van der Waals surface area contributed by atoms with Gasteiger partial charge in [0.05, 0.1) is 0 Å². The fraction of sp³-hybridized carbons (Fsp3) is 0.923. The van der Waals surface area contributed by atoms with Crippen LogP contribution in [0.25, 0.3) is 0 Å². The summed E-state index contributed by atoms with van der Waals surface area (Å²) in [6.45, 7) is 0.675. The van der Waals surface area contributed by atoms with E-state index in [0.29, 0.717) is 18.9 Å². The summed E-state index contributed by atoms with van der Waals surface area (Å²) >= 11 is 0. The van der Waals surface area contributed by atoms with Gasteiger partial charge in [-0.25, -0.2) is 0 Å². The first-order valence-electron chi connectivity index (χ1n) is 6.78. The van der Waals surface area contributed by atoms with E-state index in [4.69, 9.17) is 5.73 Å². The molecule has 92 valence electrons. The van der Waals surface area contributed by atoms with Crippen molar-refractivity contribution in [2.75, 3.05) is 6.54 Å². The molecule has 1 atom stereocenters. The second kappa shape index (κ2) is 5.67. The maximum absolute atomic E-state index is 11.6. The summed E-state index contributed by atoms with van der Waals surface area (Å²) in [4.78, 5) is 11.6. The molecule has 0 bridgehead atoms. The summed E-state index contributed by atoms with van der Waals surface area (Å²) < 4.78 is 0. The van der Waals surface area contributed by atoms with Gasteiger partial charge < -0.3 is 11.1 Å². The van der Waals surface area contributed by atoms with Gasteiger partial charge in [-0.3, -0.25) is 4.79 Å². The molecular weight excluding hydrogens is 200 g/mol. The highest BCUT2D eigenvalue weighted by atomic mass is 16.1. The lowest BCUT2D eigenvalue weighted by Gasteiger charge is -2.12. The Kier molecular flexibility index (Phi) is 4.22. The minimum absolute atomic E-state index is 0.190. The van der Waals surface area contributed by atoms with Crippen molar-refractivity contribution in [3.63, 3.8) is 0 Å². The van der Waals surface area contributed by atoms with Crippen molar-refractivity contribution in [2.24, 2.45) is 17.6 Å². The van der Waals surface area contributed by atoms with E-state index in [1.165, 1.54) is 38.5 Å². The number of nitrogens with two attached hydrogens (primary N) is 1. The van der Waals surface area contributed by atoms with E-state index >= 15 is 0 Å². The van der Waals surface area contributed by atoms with Gasteiger partial charge in [-0.1, -0.05) is 25.7 Å². The average molecular weight is 224 g/mol. The predicted molar refractivity (Wildman–Crippen MR) is 64.9 cm³/mol. The van der Waals surface area contributed by atoms with E-state index in [9.17, 15) is 4.79 Å². The normalized spacial score (nSPS) is 23.3. The summed E-state index contributed by atoms with van der Waals surface area (Å²) in [5.41, 5.74) is 5.93. The first-order chi connectivity index (χ1) is 7.75. The Morgan fingerprint density at radius 3 is 2.56 bits per heavy atom. The maximum atomic E-state index is 11.6. The molecule has 2 rings (SSSR count). The van der Waals surface area contributed by atoms with E-state index in [2.05, 4.69) is 5.32 Å². The molecule has 0 aliphatic heterocycles. The van der Waals surface area contributed by atoms with Crippen LogP contribution in [0.1, 0.15) is 51.4 Å². The number of nitrogens with one attached hydrogen (secondary N) is 1. The zero-order valence-electron chi connectivity index (χ0n) is 10.1. The first-order valence-corrected chi connectivity index (χ1v) is 6.78. The zero-order chi connectivity index (χ0) is 11.4. The minimum atomic E-state index is 0.190. The molecule has 3 heteroatoms. The van der Waals surface area contributed by atoms with Gasteiger partial charge in [0.2, 0.25) is 5.91 Å². The molecule has 3 nitrogen and oxygen atoms in total. The van der Waals surface area contributed by atoms with Gasteiger partial charge in [0.15, 0.2) is 0 Å². The highest BCUT2D eigenvalue weighted by molar-refractivity contribution is 5.75. The van der Waals surface area contributed by atoms with Crippen LogP contribution in [0.2, 0.25) is 0 Å². The van der Waals surface area contributed by atoms with Crippen molar-refractivity contribution in [3.8, 4) is 0 Å². The molecule has 2 fully saturated rings. The molecule has 1 unspecified atom stereocenters. The second-order valence-electron chi connectivity index (χ2n) is 5.49. The summed E-state index contributed by atoms with van der Waals surface area (Å²) in [5, 5.41) is 2.96. The van der Waals surface area contributed by atoms with Crippen molar-refractivity contribution < 1.29 is 4.79 Å². The standard InChI is InChI=1S/C13H24N2O/c14-12(11-6-7-11)9-15-13(16)8-5-10-3-1-2-4-10/h10-12H,1-9,14H2,(H,15,16). The third kappa shape index (κ3) is 3.78. The average Bonchev–Trinajstić information content (AvgIpc) is 3.01. The Balaban J connectivity index is 1.53. The van der Waals surface area contributed by atoms with Gasteiger partial charge >= 0.3 is 0 Å². The van der Waals surface area contributed by atoms with Crippen LogP contribution < -0.4 is 11.1 Å². The monoisotopic (exact) mass is 224 g/mol. The maximum Gasteiger partial charge on any atom is 0.220 e. The number of amides is 1. The van der Waals surface area contributed by atoms with Gasteiger partial charge in [-0.2, -0.15) is 0 Å². The summed E-state index contributed by atoms with van der Waals surface area (Å²) in [6, 6.07) is 0.190. The largest absolute Gasteiger partial charge is 0.355 e. The Morgan fingerprint density at radius 2 is 1.94 bits per heavy atom. The number of carbonyl (C=O) groups is 1. The van der Waals surface area contributed by atoms with E-state index in [-0.39, 0.29) is 11.9 Å². The van der Waals surface area contributed by atoms with Crippen LogP contribution >= 0.6 is 0 Å². The molecule has 16 heavy (non-hydrogen) atoms. The Hall–Kier alpha value is -0.570. The number of carbonyl (C=O) groups excluding carboxylic acids is 1. The van der Waals surface area contributed by atoms with E-state index in [0.717, 1.165) is 12.3 Å². The predicted octanol–water partition coefficient (Wildman–Crippen LogP) is 1.81. The van der Waals surface area contributed by atoms with Crippen molar-refractivity contribution in [1.82, 2.24) is 5.32 Å². The lowest BCUT2D eigenvalue weighted by atomic mass is 10.0.